The maximum absolute atomic E-state index is 11.1. The van der Waals surface area contributed by atoms with Crippen LogP contribution in [0.1, 0.15) is 55.6 Å². The quantitative estimate of drug-likeness (QED) is 0.328. The van der Waals surface area contributed by atoms with Gasteiger partial charge in [0.1, 0.15) is 33.8 Å². The Hall–Kier alpha value is -3.76. The summed E-state index contributed by atoms with van der Waals surface area (Å²) in [5.74, 6) is 1.65. The van der Waals surface area contributed by atoms with Gasteiger partial charge in [-0.25, -0.2) is 4.98 Å². The summed E-state index contributed by atoms with van der Waals surface area (Å²) in [6.07, 6.45) is 5.27. The summed E-state index contributed by atoms with van der Waals surface area (Å²) >= 11 is 0. The van der Waals surface area contributed by atoms with E-state index in [-0.39, 0.29) is 12.0 Å². The summed E-state index contributed by atoms with van der Waals surface area (Å²) in [4.78, 5) is 9.65. The molecule has 1 saturated heterocycles. The molecule has 1 atom stereocenters. The molecule has 0 spiro atoms. The van der Waals surface area contributed by atoms with Gasteiger partial charge in [0.2, 0.25) is 5.58 Å². The third-order valence-electron chi connectivity index (χ3n) is 7.43. The van der Waals surface area contributed by atoms with Gasteiger partial charge in [-0.15, -0.1) is 0 Å². The van der Waals surface area contributed by atoms with Crippen molar-refractivity contribution in [2.45, 2.75) is 52.2 Å². The van der Waals surface area contributed by atoms with Crippen molar-refractivity contribution in [1.82, 2.24) is 24.8 Å². The second kappa shape index (κ2) is 9.21. The number of nitrogens with zero attached hydrogens (tertiary/aromatic N) is 5. The number of fused-ring (bicyclic) bond motifs is 3. The molecule has 6 heterocycles. The highest BCUT2D eigenvalue weighted by molar-refractivity contribution is 6.04. The average molecular weight is 518 g/mol. The number of aryl methyl sites for hydroxylation is 2. The van der Waals surface area contributed by atoms with Crippen molar-refractivity contribution < 1.29 is 23.6 Å². The van der Waals surface area contributed by atoms with Crippen molar-refractivity contribution in [1.29, 1.82) is 0 Å². The number of aromatic nitrogens is 5. The zero-order chi connectivity index (χ0) is 26.6. The molecule has 0 aliphatic carbocycles. The molecule has 0 aromatic carbocycles. The summed E-state index contributed by atoms with van der Waals surface area (Å²) in [7, 11) is 1.65. The van der Waals surface area contributed by atoms with Gasteiger partial charge in [-0.3, -0.25) is 4.98 Å². The minimum absolute atomic E-state index is 0.203. The minimum atomic E-state index is -1.25. The molecule has 5 aromatic heterocycles. The van der Waals surface area contributed by atoms with E-state index in [4.69, 9.17) is 28.5 Å². The van der Waals surface area contributed by atoms with Crippen molar-refractivity contribution in [2.24, 2.45) is 5.92 Å². The van der Waals surface area contributed by atoms with Crippen LogP contribution in [0.4, 0.5) is 0 Å². The highest BCUT2D eigenvalue weighted by Crippen LogP contribution is 2.44. The van der Waals surface area contributed by atoms with E-state index in [1.165, 1.54) is 0 Å². The maximum Gasteiger partial charge on any atom is 0.211 e. The molecule has 38 heavy (non-hydrogen) atoms. The summed E-state index contributed by atoms with van der Waals surface area (Å²) in [6.45, 7) is 8.56. The fraction of sp³-hybridized carbons (Fsp3) is 0.429. The summed E-state index contributed by atoms with van der Waals surface area (Å²) in [5, 5.41) is 19.6. The van der Waals surface area contributed by atoms with E-state index in [9.17, 15) is 5.11 Å². The molecular formula is C28H31N5O5. The monoisotopic (exact) mass is 517 g/mol. The number of rotatable bonds is 6. The molecule has 198 valence electrons. The Morgan fingerprint density at radius 2 is 1.89 bits per heavy atom. The normalized spacial score (nSPS) is 15.9. The van der Waals surface area contributed by atoms with Crippen molar-refractivity contribution in [3.63, 3.8) is 0 Å². The van der Waals surface area contributed by atoms with Crippen LogP contribution < -0.4 is 4.74 Å². The average Bonchev–Trinajstić information content (AvgIpc) is 3.58. The van der Waals surface area contributed by atoms with Gasteiger partial charge in [-0.2, -0.15) is 0 Å². The summed E-state index contributed by atoms with van der Waals surface area (Å²) < 4.78 is 24.8. The van der Waals surface area contributed by atoms with Crippen LogP contribution in [0.2, 0.25) is 0 Å². The topological polar surface area (TPSA) is 121 Å². The molecule has 0 radical (unpaired) electrons. The standard InChI is InChI=1S/C28H31N5O5/c1-15-22(16(2)37-31-15)18-12-21-23(30-14-18)26-25(27(32-38-26)28(3,4)34)33(21)24(17-7-10-36-11-8-17)20-13-19(35-5)6-9-29-20/h6,9,12-14,17,24,34H,7-8,10-11H2,1-5H3. The zero-order valence-corrected chi connectivity index (χ0v) is 22.2. The molecule has 1 aliphatic rings. The predicted octanol–water partition coefficient (Wildman–Crippen LogP) is 5.10. The van der Waals surface area contributed by atoms with E-state index in [0.29, 0.717) is 35.5 Å². The second-order valence-electron chi connectivity index (χ2n) is 10.4. The van der Waals surface area contributed by atoms with Crippen LogP contribution in [-0.2, 0) is 10.3 Å². The fourth-order valence-electron chi connectivity index (χ4n) is 5.65. The highest BCUT2D eigenvalue weighted by Gasteiger charge is 2.36. The molecule has 6 rings (SSSR count). The van der Waals surface area contributed by atoms with Gasteiger partial charge in [0.15, 0.2) is 0 Å². The molecule has 10 nitrogen and oxygen atoms in total. The van der Waals surface area contributed by atoms with Crippen molar-refractivity contribution in [3.05, 3.63) is 53.4 Å². The van der Waals surface area contributed by atoms with Crippen LogP contribution in [0, 0.1) is 19.8 Å². The molecule has 10 heteroatoms. The second-order valence-corrected chi connectivity index (χ2v) is 10.4. The predicted molar refractivity (Wildman–Crippen MR) is 140 cm³/mol. The maximum atomic E-state index is 11.1. The van der Waals surface area contributed by atoms with Crippen LogP contribution in [0.15, 0.2) is 39.6 Å². The highest BCUT2D eigenvalue weighted by atomic mass is 16.5. The Kier molecular flexibility index (Phi) is 5.96. The first kappa shape index (κ1) is 24.6. The minimum Gasteiger partial charge on any atom is -0.497 e. The van der Waals surface area contributed by atoms with Crippen LogP contribution >= 0.6 is 0 Å². The largest absolute Gasteiger partial charge is 0.497 e. The molecule has 0 saturated carbocycles. The lowest BCUT2D eigenvalue weighted by Crippen LogP contribution is -2.28. The van der Waals surface area contributed by atoms with E-state index in [1.807, 2.05) is 26.0 Å². The van der Waals surface area contributed by atoms with Crippen LogP contribution in [0.5, 0.6) is 5.75 Å². The number of aliphatic hydroxyl groups is 1. The molecule has 5 aromatic rings. The molecule has 1 aliphatic heterocycles. The van der Waals surface area contributed by atoms with E-state index in [1.54, 1.807) is 33.4 Å². The molecule has 0 bridgehead atoms. The van der Waals surface area contributed by atoms with Gasteiger partial charge in [-0.1, -0.05) is 10.3 Å². The van der Waals surface area contributed by atoms with Crippen molar-refractivity contribution in [2.75, 3.05) is 20.3 Å². The van der Waals surface area contributed by atoms with Crippen molar-refractivity contribution >= 4 is 22.1 Å². The fourth-order valence-corrected chi connectivity index (χ4v) is 5.65. The smallest absolute Gasteiger partial charge is 0.211 e. The number of hydrogen-bond acceptors (Lipinski definition) is 9. The summed E-state index contributed by atoms with van der Waals surface area (Å²) in [6, 6.07) is 5.69. The van der Waals surface area contributed by atoms with Crippen LogP contribution in [-0.4, -0.2) is 50.3 Å². The lowest BCUT2D eigenvalue weighted by Gasteiger charge is -2.32. The third-order valence-corrected chi connectivity index (χ3v) is 7.43. The van der Waals surface area contributed by atoms with Gasteiger partial charge in [-0.05, 0) is 58.6 Å². The SMILES string of the molecule is COc1ccnc(C(C2CCOCC2)n2c3cc(-c4c(C)noc4C)cnc3c3onc(C(C)(C)O)c32)c1. The Bertz CT molecular complexity index is 1600. The van der Waals surface area contributed by atoms with Crippen LogP contribution in [0.25, 0.3) is 33.3 Å². The van der Waals surface area contributed by atoms with Gasteiger partial charge in [0, 0.05) is 42.8 Å². The number of hydrogen-bond donors (Lipinski definition) is 1. The number of ether oxygens (including phenoxy) is 2. The van der Waals surface area contributed by atoms with Gasteiger partial charge < -0.3 is 28.2 Å². The molecule has 1 fully saturated rings. The van der Waals surface area contributed by atoms with Gasteiger partial charge >= 0.3 is 0 Å². The first-order chi connectivity index (χ1) is 18.3. The molecule has 0 amide bonds. The lowest BCUT2D eigenvalue weighted by molar-refractivity contribution is 0.0541. The number of pyridine rings is 2. The zero-order valence-electron chi connectivity index (χ0n) is 22.2. The van der Waals surface area contributed by atoms with Crippen molar-refractivity contribution in [3.8, 4) is 16.9 Å². The van der Waals surface area contributed by atoms with Gasteiger partial charge in [0.25, 0.3) is 0 Å². The molecular weight excluding hydrogens is 486 g/mol. The molecule has 1 N–H and O–H groups in total. The molecule has 1 unspecified atom stereocenters. The van der Waals surface area contributed by atoms with E-state index in [0.717, 1.165) is 52.4 Å². The number of methoxy groups -OCH3 is 1. The Morgan fingerprint density at radius 1 is 1.11 bits per heavy atom. The Balaban J connectivity index is 1.70. The third kappa shape index (κ3) is 3.95. The van der Waals surface area contributed by atoms with E-state index < -0.39 is 5.60 Å². The lowest BCUT2D eigenvalue weighted by atomic mass is 9.88. The first-order valence-corrected chi connectivity index (χ1v) is 12.8. The summed E-state index contributed by atoms with van der Waals surface area (Å²) in [5.41, 5.74) is 5.39. The van der Waals surface area contributed by atoms with Crippen LogP contribution in [0.3, 0.4) is 0 Å². The Labute approximate surface area is 219 Å². The van der Waals surface area contributed by atoms with E-state index in [2.05, 4.69) is 20.9 Å². The van der Waals surface area contributed by atoms with E-state index >= 15 is 0 Å². The first-order valence-electron chi connectivity index (χ1n) is 12.8. The van der Waals surface area contributed by atoms with Gasteiger partial charge in [0.05, 0.1) is 30.1 Å². The Morgan fingerprint density at radius 3 is 2.58 bits per heavy atom.